The number of hydrogen-bond donors (Lipinski definition) is 2. The van der Waals surface area contributed by atoms with Gasteiger partial charge in [-0.25, -0.2) is 4.79 Å². The van der Waals surface area contributed by atoms with E-state index in [-0.39, 0.29) is 30.1 Å². The second-order valence-corrected chi connectivity index (χ2v) is 6.59. The molecule has 0 aliphatic rings. The van der Waals surface area contributed by atoms with Crippen molar-refractivity contribution in [2.24, 2.45) is 0 Å². The SMILES string of the molecule is COCCCNC(=O)c1cc(C(=O)NCCCOC(=O)c2ccccc2C)ccn1. The highest BCUT2D eigenvalue weighted by Crippen LogP contribution is 2.08. The van der Waals surface area contributed by atoms with Crippen molar-refractivity contribution in [3.63, 3.8) is 0 Å². The molecular weight excluding hydrogens is 386 g/mol. The Labute approximate surface area is 176 Å². The third kappa shape index (κ3) is 7.29. The molecule has 0 saturated carbocycles. The van der Waals surface area contributed by atoms with E-state index < -0.39 is 0 Å². The Kier molecular flexibility index (Phi) is 9.47. The molecule has 0 atom stereocenters. The number of ether oxygens (including phenoxy) is 2. The van der Waals surface area contributed by atoms with Gasteiger partial charge in [0.1, 0.15) is 5.69 Å². The summed E-state index contributed by atoms with van der Waals surface area (Å²) in [4.78, 5) is 40.4. The van der Waals surface area contributed by atoms with Crippen LogP contribution >= 0.6 is 0 Å². The summed E-state index contributed by atoms with van der Waals surface area (Å²) in [6.45, 7) is 3.39. The Hall–Kier alpha value is -3.26. The molecule has 1 aromatic heterocycles. The number of amides is 2. The van der Waals surface area contributed by atoms with E-state index in [2.05, 4.69) is 15.6 Å². The van der Waals surface area contributed by atoms with E-state index in [1.165, 1.54) is 18.3 Å². The van der Waals surface area contributed by atoms with Gasteiger partial charge in [0.25, 0.3) is 11.8 Å². The lowest BCUT2D eigenvalue weighted by Gasteiger charge is -2.09. The molecule has 160 valence electrons. The maximum absolute atomic E-state index is 12.3. The molecule has 8 nitrogen and oxygen atoms in total. The highest BCUT2D eigenvalue weighted by molar-refractivity contribution is 5.98. The van der Waals surface area contributed by atoms with Crippen molar-refractivity contribution in [2.75, 3.05) is 33.4 Å². The molecule has 0 unspecified atom stereocenters. The number of hydrogen-bond acceptors (Lipinski definition) is 6. The van der Waals surface area contributed by atoms with Gasteiger partial charge >= 0.3 is 5.97 Å². The Morgan fingerprint density at radius 1 is 0.967 bits per heavy atom. The van der Waals surface area contributed by atoms with Gasteiger partial charge in [0, 0.05) is 38.6 Å². The van der Waals surface area contributed by atoms with Crippen LogP contribution in [-0.4, -0.2) is 56.2 Å². The third-order valence-corrected chi connectivity index (χ3v) is 4.27. The number of nitrogens with zero attached hydrogens (tertiary/aromatic N) is 1. The predicted molar refractivity (Wildman–Crippen MR) is 111 cm³/mol. The molecule has 0 fully saturated rings. The predicted octanol–water partition coefficient (Wildman–Crippen LogP) is 2.13. The van der Waals surface area contributed by atoms with E-state index in [0.29, 0.717) is 43.7 Å². The monoisotopic (exact) mass is 413 g/mol. The van der Waals surface area contributed by atoms with Crippen molar-refractivity contribution in [2.45, 2.75) is 19.8 Å². The summed E-state index contributed by atoms with van der Waals surface area (Å²) in [6, 6.07) is 10.2. The minimum absolute atomic E-state index is 0.173. The van der Waals surface area contributed by atoms with E-state index in [1.807, 2.05) is 19.1 Å². The van der Waals surface area contributed by atoms with Crippen LogP contribution in [-0.2, 0) is 9.47 Å². The molecule has 0 radical (unpaired) electrons. The molecule has 0 aliphatic heterocycles. The fraction of sp³-hybridized carbons (Fsp3) is 0.364. The quantitative estimate of drug-likeness (QED) is 0.432. The zero-order valence-electron chi connectivity index (χ0n) is 17.3. The van der Waals surface area contributed by atoms with Crippen molar-refractivity contribution in [3.8, 4) is 0 Å². The maximum atomic E-state index is 12.3. The largest absolute Gasteiger partial charge is 0.462 e. The van der Waals surface area contributed by atoms with Crippen LogP contribution in [0.4, 0.5) is 0 Å². The van der Waals surface area contributed by atoms with Crippen LogP contribution in [0.15, 0.2) is 42.6 Å². The Morgan fingerprint density at radius 3 is 2.40 bits per heavy atom. The van der Waals surface area contributed by atoms with E-state index in [4.69, 9.17) is 9.47 Å². The normalized spacial score (nSPS) is 10.3. The van der Waals surface area contributed by atoms with Crippen LogP contribution in [0.25, 0.3) is 0 Å². The van der Waals surface area contributed by atoms with Gasteiger partial charge in [0.05, 0.1) is 12.2 Å². The Morgan fingerprint density at radius 2 is 1.67 bits per heavy atom. The highest BCUT2D eigenvalue weighted by Gasteiger charge is 2.12. The number of carbonyl (C=O) groups is 3. The molecule has 0 spiro atoms. The molecule has 2 rings (SSSR count). The summed E-state index contributed by atoms with van der Waals surface area (Å²) >= 11 is 0. The standard InChI is InChI=1S/C22H27N3O5/c1-16-7-3-4-8-18(16)22(28)30-14-6-11-24-20(26)17-9-12-23-19(15-17)21(27)25-10-5-13-29-2/h3-4,7-9,12,15H,5-6,10-11,13-14H2,1-2H3,(H,24,26)(H,25,27). The third-order valence-electron chi connectivity index (χ3n) is 4.27. The van der Waals surface area contributed by atoms with E-state index in [1.54, 1.807) is 19.2 Å². The van der Waals surface area contributed by atoms with Gasteiger partial charge in [-0.15, -0.1) is 0 Å². The molecule has 8 heteroatoms. The minimum Gasteiger partial charge on any atom is -0.462 e. The first kappa shape index (κ1) is 23.0. The first-order valence-corrected chi connectivity index (χ1v) is 9.77. The molecule has 2 aromatic rings. The van der Waals surface area contributed by atoms with Crippen molar-refractivity contribution in [1.82, 2.24) is 15.6 Å². The fourth-order valence-corrected chi connectivity index (χ4v) is 2.63. The number of aryl methyl sites for hydroxylation is 1. The Bertz CT molecular complexity index is 869. The summed E-state index contributed by atoms with van der Waals surface area (Å²) < 4.78 is 10.2. The summed E-state index contributed by atoms with van der Waals surface area (Å²) in [5, 5.41) is 5.47. The summed E-state index contributed by atoms with van der Waals surface area (Å²) in [5.41, 5.74) is 1.90. The van der Waals surface area contributed by atoms with Crippen molar-refractivity contribution in [1.29, 1.82) is 0 Å². The first-order chi connectivity index (χ1) is 14.5. The summed E-state index contributed by atoms with van der Waals surface area (Å²) in [7, 11) is 1.60. The number of rotatable bonds is 11. The van der Waals surface area contributed by atoms with Crippen molar-refractivity contribution >= 4 is 17.8 Å². The summed E-state index contributed by atoms with van der Waals surface area (Å²) in [6.07, 6.45) is 2.58. The summed E-state index contributed by atoms with van der Waals surface area (Å²) in [5.74, 6) is -1.05. The molecule has 1 aromatic carbocycles. The van der Waals surface area contributed by atoms with Crippen LogP contribution in [0.2, 0.25) is 0 Å². The number of pyridine rings is 1. The first-order valence-electron chi connectivity index (χ1n) is 9.77. The second-order valence-electron chi connectivity index (χ2n) is 6.59. The van der Waals surface area contributed by atoms with Gasteiger partial charge in [0.2, 0.25) is 0 Å². The minimum atomic E-state index is -0.380. The molecule has 0 bridgehead atoms. The second kappa shape index (κ2) is 12.3. The molecule has 0 aliphatic carbocycles. The number of methoxy groups -OCH3 is 1. The molecule has 2 amide bonds. The van der Waals surface area contributed by atoms with Crippen LogP contribution in [0.1, 0.15) is 49.6 Å². The van der Waals surface area contributed by atoms with E-state index in [0.717, 1.165) is 5.56 Å². The van der Waals surface area contributed by atoms with Crippen LogP contribution in [0.5, 0.6) is 0 Å². The number of carbonyl (C=O) groups excluding carboxylic acids is 3. The average molecular weight is 413 g/mol. The lowest BCUT2D eigenvalue weighted by molar-refractivity contribution is 0.0500. The highest BCUT2D eigenvalue weighted by atomic mass is 16.5. The van der Waals surface area contributed by atoms with Gasteiger partial charge < -0.3 is 20.1 Å². The average Bonchev–Trinajstić information content (AvgIpc) is 2.76. The smallest absolute Gasteiger partial charge is 0.338 e. The van der Waals surface area contributed by atoms with Gasteiger partial charge in [-0.05, 0) is 43.5 Å². The molecule has 0 saturated heterocycles. The topological polar surface area (TPSA) is 107 Å². The van der Waals surface area contributed by atoms with E-state index in [9.17, 15) is 14.4 Å². The zero-order chi connectivity index (χ0) is 21.8. The zero-order valence-corrected chi connectivity index (χ0v) is 17.3. The maximum Gasteiger partial charge on any atom is 0.338 e. The molecule has 1 heterocycles. The fourth-order valence-electron chi connectivity index (χ4n) is 2.63. The molecule has 2 N–H and O–H groups in total. The lowest BCUT2D eigenvalue weighted by Crippen LogP contribution is -2.28. The van der Waals surface area contributed by atoms with Gasteiger partial charge in [-0.1, -0.05) is 18.2 Å². The van der Waals surface area contributed by atoms with Gasteiger partial charge in [-0.2, -0.15) is 0 Å². The van der Waals surface area contributed by atoms with Crippen LogP contribution in [0.3, 0.4) is 0 Å². The van der Waals surface area contributed by atoms with Gasteiger partial charge in [-0.3, -0.25) is 14.6 Å². The van der Waals surface area contributed by atoms with E-state index >= 15 is 0 Å². The Balaban J connectivity index is 1.74. The van der Waals surface area contributed by atoms with Crippen molar-refractivity contribution < 1.29 is 23.9 Å². The number of aromatic nitrogens is 1. The van der Waals surface area contributed by atoms with Crippen LogP contribution < -0.4 is 10.6 Å². The molecular formula is C22H27N3O5. The van der Waals surface area contributed by atoms with Crippen molar-refractivity contribution in [3.05, 3.63) is 65.0 Å². The number of nitrogens with one attached hydrogen (secondary N) is 2. The lowest BCUT2D eigenvalue weighted by atomic mass is 10.1. The van der Waals surface area contributed by atoms with Crippen LogP contribution in [0, 0.1) is 6.92 Å². The molecule has 30 heavy (non-hydrogen) atoms. The number of benzene rings is 1. The van der Waals surface area contributed by atoms with Gasteiger partial charge in [0.15, 0.2) is 0 Å². The number of esters is 1.